The summed E-state index contributed by atoms with van der Waals surface area (Å²) in [6.45, 7) is 0. The van der Waals surface area contributed by atoms with Gasteiger partial charge >= 0.3 is 5.97 Å². The number of carboxylic acids is 1. The van der Waals surface area contributed by atoms with Crippen LogP contribution in [0.1, 0.15) is 5.69 Å². The van der Waals surface area contributed by atoms with E-state index < -0.39 is 29.2 Å². The SMILES string of the molecule is CO/N=C(\C(=O)N[C@@H]1C(=O)N2C(C(=O)O)=C(CSc3nncn3C)CS[C@H]12)c1csc(N)n1. The largest absolute Gasteiger partial charge is 0.477 e. The average Bonchev–Trinajstić information content (AvgIpc) is 3.40. The van der Waals surface area contributed by atoms with Crippen molar-refractivity contribution in [2.45, 2.75) is 16.6 Å². The summed E-state index contributed by atoms with van der Waals surface area (Å²) in [6, 6.07) is -0.914. The molecule has 0 aliphatic carbocycles. The molecule has 2 atom stereocenters. The third-order valence-electron chi connectivity index (χ3n) is 4.74. The molecule has 2 aromatic rings. The zero-order valence-electron chi connectivity index (χ0n) is 17.3. The zero-order chi connectivity index (χ0) is 23.7. The van der Waals surface area contributed by atoms with Crippen LogP contribution in [0.3, 0.4) is 0 Å². The Hall–Kier alpha value is -3.11. The van der Waals surface area contributed by atoms with Crippen LogP contribution in [-0.2, 0) is 26.3 Å². The van der Waals surface area contributed by atoms with Gasteiger partial charge in [-0.1, -0.05) is 16.9 Å². The van der Waals surface area contributed by atoms with Gasteiger partial charge in [0.05, 0.1) is 0 Å². The van der Waals surface area contributed by atoms with Gasteiger partial charge < -0.3 is 25.6 Å². The van der Waals surface area contributed by atoms with Gasteiger partial charge in [-0.05, 0) is 5.57 Å². The molecule has 0 bridgehead atoms. The van der Waals surface area contributed by atoms with Crippen LogP contribution in [0.15, 0.2) is 33.3 Å². The Labute approximate surface area is 199 Å². The molecule has 16 heteroatoms. The normalized spacial score (nSPS) is 20.4. The number of aromatic nitrogens is 4. The average molecular weight is 511 g/mol. The van der Waals surface area contributed by atoms with Crippen molar-refractivity contribution in [3.05, 3.63) is 28.7 Å². The summed E-state index contributed by atoms with van der Waals surface area (Å²) in [5.41, 5.74) is 6.23. The van der Waals surface area contributed by atoms with E-state index in [0.29, 0.717) is 22.2 Å². The Morgan fingerprint density at radius 1 is 1.48 bits per heavy atom. The van der Waals surface area contributed by atoms with E-state index in [1.54, 1.807) is 23.3 Å². The van der Waals surface area contributed by atoms with Gasteiger partial charge in [-0.15, -0.1) is 33.3 Å². The lowest BCUT2D eigenvalue weighted by Gasteiger charge is -2.49. The molecular formula is C17H18N8O5S3. The van der Waals surface area contributed by atoms with Crippen LogP contribution in [0, 0.1) is 0 Å². The molecule has 2 aromatic heterocycles. The monoisotopic (exact) mass is 510 g/mol. The zero-order valence-corrected chi connectivity index (χ0v) is 19.7. The van der Waals surface area contributed by atoms with Gasteiger partial charge in [-0.25, -0.2) is 9.78 Å². The van der Waals surface area contributed by atoms with Crippen molar-refractivity contribution in [3.63, 3.8) is 0 Å². The van der Waals surface area contributed by atoms with Crippen molar-refractivity contribution in [1.29, 1.82) is 0 Å². The number of hydrogen-bond acceptors (Lipinski definition) is 12. The van der Waals surface area contributed by atoms with Crippen molar-refractivity contribution in [2.24, 2.45) is 12.2 Å². The summed E-state index contributed by atoms with van der Waals surface area (Å²) in [5.74, 6) is -1.68. The van der Waals surface area contributed by atoms with Gasteiger partial charge in [0.2, 0.25) is 0 Å². The summed E-state index contributed by atoms with van der Waals surface area (Å²) < 4.78 is 1.72. The number of nitrogens with one attached hydrogen (secondary N) is 1. The van der Waals surface area contributed by atoms with E-state index in [1.165, 1.54) is 35.5 Å². The smallest absolute Gasteiger partial charge is 0.352 e. The quantitative estimate of drug-likeness (QED) is 0.184. The number of amides is 2. The number of carbonyl (C=O) groups is 3. The van der Waals surface area contributed by atoms with Crippen LogP contribution in [0.5, 0.6) is 0 Å². The van der Waals surface area contributed by atoms with E-state index in [1.807, 2.05) is 0 Å². The first kappa shape index (κ1) is 23.1. The number of oxime groups is 1. The van der Waals surface area contributed by atoms with E-state index in [0.717, 1.165) is 11.3 Å². The van der Waals surface area contributed by atoms with Crippen molar-refractivity contribution in [2.75, 3.05) is 24.3 Å². The first-order valence-corrected chi connectivity index (χ1v) is 12.2. The second-order valence-corrected chi connectivity index (χ2v) is 9.76. The van der Waals surface area contributed by atoms with Gasteiger partial charge in [0.15, 0.2) is 16.0 Å². The highest BCUT2D eigenvalue weighted by Crippen LogP contribution is 2.41. The summed E-state index contributed by atoms with van der Waals surface area (Å²) in [5, 5.41) is 25.7. The van der Waals surface area contributed by atoms with Crippen molar-refractivity contribution >= 4 is 63.5 Å². The predicted octanol–water partition coefficient (Wildman–Crippen LogP) is -0.265. The molecule has 2 aliphatic rings. The Morgan fingerprint density at radius 3 is 2.88 bits per heavy atom. The van der Waals surface area contributed by atoms with Crippen LogP contribution < -0.4 is 11.1 Å². The van der Waals surface area contributed by atoms with Crippen LogP contribution in [0.2, 0.25) is 0 Å². The number of aryl methyl sites for hydroxylation is 1. The molecule has 0 saturated carbocycles. The number of fused-ring (bicyclic) bond motifs is 1. The molecule has 2 amide bonds. The second kappa shape index (κ2) is 9.40. The highest BCUT2D eigenvalue weighted by molar-refractivity contribution is 8.01. The highest BCUT2D eigenvalue weighted by atomic mass is 32.2. The number of anilines is 1. The fraction of sp³-hybridized carbons (Fsp3) is 0.353. The Morgan fingerprint density at radius 2 is 2.27 bits per heavy atom. The van der Waals surface area contributed by atoms with Crippen molar-refractivity contribution in [3.8, 4) is 0 Å². The molecule has 13 nitrogen and oxygen atoms in total. The molecule has 0 radical (unpaired) electrons. The molecule has 0 unspecified atom stereocenters. The Kier molecular flexibility index (Phi) is 6.57. The number of hydrogen-bond donors (Lipinski definition) is 3. The van der Waals surface area contributed by atoms with Crippen molar-refractivity contribution < 1.29 is 24.3 Å². The number of thioether (sulfide) groups is 2. The van der Waals surface area contributed by atoms with Gasteiger partial charge in [-0.2, -0.15) is 0 Å². The summed E-state index contributed by atoms with van der Waals surface area (Å²) in [4.78, 5) is 47.6. The molecule has 0 spiro atoms. The fourth-order valence-electron chi connectivity index (χ4n) is 3.25. The third-order valence-corrected chi connectivity index (χ3v) is 7.88. The van der Waals surface area contributed by atoms with Gasteiger partial charge in [0.1, 0.15) is 36.2 Å². The van der Waals surface area contributed by atoms with E-state index >= 15 is 0 Å². The number of nitrogens with zero attached hydrogens (tertiary/aromatic N) is 6. The minimum Gasteiger partial charge on any atom is -0.477 e. The number of aliphatic carboxylic acids is 1. The minimum absolute atomic E-state index is 0.0676. The maximum absolute atomic E-state index is 12.9. The number of thiazole rings is 1. The number of carboxylic acid groups (broad SMARTS) is 1. The lowest BCUT2D eigenvalue weighted by molar-refractivity contribution is -0.150. The molecule has 0 aromatic carbocycles. The van der Waals surface area contributed by atoms with Crippen LogP contribution in [-0.4, -0.2) is 83.3 Å². The van der Waals surface area contributed by atoms with Gasteiger partial charge in [0, 0.05) is 23.9 Å². The Bertz CT molecular complexity index is 1180. The molecular weight excluding hydrogens is 492 g/mol. The number of rotatable bonds is 8. The molecule has 2 aliphatic heterocycles. The number of nitrogens with two attached hydrogens (primary N) is 1. The number of β-lactam (4-membered cyclic amide) rings is 1. The minimum atomic E-state index is -1.20. The van der Waals surface area contributed by atoms with E-state index in [4.69, 9.17) is 10.6 Å². The van der Waals surface area contributed by atoms with Gasteiger partial charge in [-0.3, -0.25) is 14.5 Å². The predicted molar refractivity (Wildman–Crippen MR) is 121 cm³/mol. The lowest BCUT2D eigenvalue weighted by Crippen LogP contribution is -2.71. The summed E-state index contributed by atoms with van der Waals surface area (Å²) in [6.07, 6.45) is 1.55. The number of carbonyl (C=O) groups excluding carboxylic acids is 2. The fourth-order valence-corrected chi connectivity index (χ4v) is 6.17. The summed E-state index contributed by atoms with van der Waals surface area (Å²) >= 11 is 3.83. The lowest BCUT2D eigenvalue weighted by atomic mass is 10.0. The van der Waals surface area contributed by atoms with Crippen molar-refractivity contribution in [1.82, 2.24) is 30.0 Å². The van der Waals surface area contributed by atoms with Crippen LogP contribution >= 0.6 is 34.9 Å². The molecule has 1 saturated heterocycles. The van der Waals surface area contributed by atoms with Crippen LogP contribution in [0.4, 0.5) is 5.13 Å². The first-order valence-electron chi connectivity index (χ1n) is 9.32. The maximum Gasteiger partial charge on any atom is 0.352 e. The molecule has 174 valence electrons. The molecule has 33 heavy (non-hydrogen) atoms. The third kappa shape index (κ3) is 4.40. The Balaban J connectivity index is 1.49. The standard InChI is InChI=1S/C17H18N8O5S3/c1-24-6-19-22-17(24)33-4-7-3-31-14-10(13(27)25(14)11(7)15(28)29)21-12(26)9(23-30-2)8-5-32-16(18)20-8/h5-6,10,14H,3-4H2,1-2H3,(H2,18,20)(H,21,26)(H,28,29)/b23-9-/t10-,14-/m1/s1. The highest BCUT2D eigenvalue weighted by Gasteiger charge is 2.54. The van der Waals surface area contributed by atoms with E-state index in [9.17, 15) is 19.5 Å². The van der Waals surface area contributed by atoms with E-state index in [2.05, 4.69) is 25.7 Å². The topological polar surface area (TPSA) is 178 Å². The molecule has 4 N–H and O–H groups in total. The second-order valence-electron chi connectivity index (χ2n) is 6.82. The first-order chi connectivity index (χ1) is 15.8. The van der Waals surface area contributed by atoms with Gasteiger partial charge in [0.25, 0.3) is 11.8 Å². The molecule has 4 heterocycles. The molecule has 1 fully saturated rings. The maximum atomic E-state index is 12.9. The van der Waals surface area contributed by atoms with E-state index in [-0.39, 0.29) is 22.2 Å². The number of nitrogen functional groups attached to an aromatic ring is 1. The summed E-state index contributed by atoms with van der Waals surface area (Å²) in [7, 11) is 3.06. The molecule has 4 rings (SSSR count). The van der Waals surface area contributed by atoms with Crippen LogP contribution in [0.25, 0.3) is 0 Å².